The van der Waals surface area contributed by atoms with Crippen LogP contribution in [0.15, 0.2) is 36.4 Å². The molecule has 0 atom stereocenters. The van der Waals surface area contributed by atoms with Crippen molar-refractivity contribution in [1.29, 1.82) is 0 Å². The minimum absolute atomic E-state index is 0. The van der Waals surface area contributed by atoms with E-state index in [0.29, 0.717) is 11.8 Å². The van der Waals surface area contributed by atoms with Crippen LogP contribution in [0.4, 0.5) is 0 Å². The first-order chi connectivity index (χ1) is 8.11. The quantitative estimate of drug-likeness (QED) is 0.333. The second-order valence-electron chi connectivity index (χ2n) is 4.87. The molecular formula is C22H39Cl2Ti-7. The molecule has 1 aliphatic carbocycles. The normalized spacial score (nSPS) is 8.88. The van der Waals surface area contributed by atoms with Crippen molar-refractivity contribution < 1.29 is 21.7 Å². The number of benzene rings is 1. The summed E-state index contributed by atoms with van der Waals surface area (Å²) in [5.74, 6) is 1.17. The molecule has 0 aliphatic heterocycles. The Morgan fingerprint density at radius 1 is 0.800 bits per heavy atom. The molecule has 3 heteroatoms. The molecule has 0 radical (unpaired) electrons. The van der Waals surface area contributed by atoms with Crippen molar-refractivity contribution in [3.63, 3.8) is 0 Å². The van der Waals surface area contributed by atoms with Gasteiger partial charge >= 0.3 is 0 Å². The summed E-state index contributed by atoms with van der Waals surface area (Å²) in [5.41, 5.74) is 2.64. The second kappa shape index (κ2) is 28.8. The van der Waals surface area contributed by atoms with Gasteiger partial charge in [0.05, 0.1) is 0 Å². The molecule has 2 rings (SSSR count). The van der Waals surface area contributed by atoms with Gasteiger partial charge in [-0.2, -0.15) is 41.5 Å². The zero-order valence-corrected chi connectivity index (χ0v) is 20.8. The van der Waals surface area contributed by atoms with Gasteiger partial charge in [0.2, 0.25) is 0 Å². The Labute approximate surface area is 188 Å². The molecule has 0 nitrogen and oxygen atoms in total. The van der Waals surface area contributed by atoms with Crippen LogP contribution < -0.4 is 0 Å². The Morgan fingerprint density at radius 3 is 1.40 bits per heavy atom. The summed E-state index contributed by atoms with van der Waals surface area (Å²) in [4.78, 5) is 0. The van der Waals surface area contributed by atoms with Crippen molar-refractivity contribution >= 4 is 24.8 Å². The molecule has 0 heterocycles. The van der Waals surface area contributed by atoms with Gasteiger partial charge in [-0.05, 0) is 11.8 Å². The standard InChI is InChI=1S/C12H17.C5H5.5CH3.2ClH.Ti/c1-9(2)11-6-5-7-12(8-11)10(3)4;1-2-4-5-3-1;;;;;;;;/h5-7,9-10H,1-4H3;1-3H,4H2;5*1H3;2*1H;/q7*-1;;;. The Balaban J connectivity index is -0.0000000332. The van der Waals surface area contributed by atoms with Gasteiger partial charge in [0.1, 0.15) is 0 Å². The van der Waals surface area contributed by atoms with E-state index in [-0.39, 0.29) is 83.7 Å². The minimum atomic E-state index is 0. The summed E-state index contributed by atoms with van der Waals surface area (Å²) in [6, 6.07) is 9.87. The molecule has 1 aliphatic rings. The van der Waals surface area contributed by atoms with Gasteiger partial charge < -0.3 is 37.1 Å². The summed E-state index contributed by atoms with van der Waals surface area (Å²) < 4.78 is 0. The molecule has 25 heavy (non-hydrogen) atoms. The van der Waals surface area contributed by atoms with Crippen molar-refractivity contribution in [2.24, 2.45) is 0 Å². The van der Waals surface area contributed by atoms with E-state index in [4.69, 9.17) is 0 Å². The van der Waals surface area contributed by atoms with Crippen LogP contribution in [0.1, 0.15) is 57.1 Å². The van der Waals surface area contributed by atoms with Crippen molar-refractivity contribution in [3.8, 4) is 0 Å². The van der Waals surface area contributed by atoms with Gasteiger partial charge in [0.15, 0.2) is 0 Å². The minimum Gasteiger partial charge on any atom is -0.358 e. The summed E-state index contributed by atoms with van der Waals surface area (Å²) in [5, 5.41) is 0. The van der Waals surface area contributed by atoms with Gasteiger partial charge in [-0.1, -0.05) is 27.7 Å². The molecular weight excluding hydrogens is 383 g/mol. The maximum atomic E-state index is 3.44. The van der Waals surface area contributed by atoms with Crippen LogP contribution in [-0.2, 0) is 21.7 Å². The molecule has 0 N–H and O–H groups in total. The van der Waals surface area contributed by atoms with Gasteiger partial charge in [-0.15, -0.1) is 31.2 Å². The van der Waals surface area contributed by atoms with Crippen molar-refractivity contribution in [1.82, 2.24) is 0 Å². The van der Waals surface area contributed by atoms with Crippen molar-refractivity contribution in [3.05, 3.63) is 96.8 Å². The third-order valence-electron chi connectivity index (χ3n) is 2.67. The SMILES string of the molecule is CC(C)c1[c-]c(C(C)C)ccc1.Cl.Cl.[C-]1=CC=CC1.[CH3-].[CH3-].[CH3-].[CH3-].[CH3-].[Ti]. The maximum Gasteiger partial charge on any atom is 0 e. The molecule has 0 fully saturated rings. The first-order valence-corrected chi connectivity index (χ1v) is 6.35. The smallest absolute Gasteiger partial charge is 0 e. The number of allylic oxidation sites excluding steroid dienone is 4. The van der Waals surface area contributed by atoms with Crippen LogP contribution in [0.3, 0.4) is 0 Å². The zero-order chi connectivity index (χ0) is 12.7. The van der Waals surface area contributed by atoms with E-state index in [9.17, 15) is 0 Å². The molecule has 0 amide bonds. The monoisotopic (exact) mass is 421 g/mol. The average Bonchev–Trinajstić information content (AvgIpc) is 2.87. The van der Waals surface area contributed by atoms with Gasteiger partial charge in [-0.25, -0.2) is 12.2 Å². The number of rotatable bonds is 2. The molecule has 0 aromatic heterocycles. The second-order valence-corrected chi connectivity index (χ2v) is 4.87. The fraction of sp³-hybridized carbons (Fsp3) is 0.318. The van der Waals surface area contributed by atoms with Crippen LogP contribution in [-0.4, -0.2) is 0 Å². The van der Waals surface area contributed by atoms with E-state index in [1.165, 1.54) is 11.1 Å². The Bertz CT molecular complexity index is 364. The number of hydrogen-bond donors (Lipinski definition) is 0. The molecule has 0 bridgehead atoms. The van der Waals surface area contributed by atoms with Crippen LogP contribution in [0.5, 0.6) is 0 Å². The van der Waals surface area contributed by atoms with Crippen LogP contribution in [0.25, 0.3) is 0 Å². The number of halogens is 2. The van der Waals surface area contributed by atoms with E-state index >= 15 is 0 Å². The predicted octanol–water partition coefficient (Wildman–Crippen LogP) is 8.13. The number of hydrogen-bond acceptors (Lipinski definition) is 0. The fourth-order valence-corrected chi connectivity index (χ4v) is 1.52. The van der Waals surface area contributed by atoms with Gasteiger partial charge in [-0.3, -0.25) is 6.08 Å². The molecule has 1 aromatic carbocycles. The predicted molar refractivity (Wildman–Crippen MR) is 122 cm³/mol. The molecule has 0 saturated heterocycles. The van der Waals surface area contributed by atoms with Crippen LogP contribution >= 0.6 is 24.8 Å². The van der Waals surface area contributed by atoms with Crippen LogP contribution in [0.2, 0.25) is 0 Å². The molecule has 1 aromatic rings. The first-order valence-electron chi connectivity index (χ1n) is 6.35. The molecule has 152 valence electrons. The van der Waals surface area contributed by atoms with Crippen molar-refractivity contribution in [2.45, 2.75) is 46.0 Å². The maximum absolute atomic E-state index is 3.44. The third-order valence-corrected chi connectivity index (χ3v) is 2.67. The van der Waals surface area contributed by atoms with E-state index in [1.54, 1.807) is 0 Å². The molecule has 0 spiro atoms. The summed E-state index contributed by atoms with van der Waals surface area (Å²) in [7, 11) is 0. The Hall–Kier alpha value is -0.00571. The van der Waals surface area contributed by atoms with E-state index in [1.807, 2.05) is 12.2 Å². The van der Waals surface area contributed by atoms with E-state index in [0.717, 1.165) is 6.42 Å². The van der Waals surface area contributed by atoms with Gasteiger partial charge in [0.25, 0.3) is 0 Å². The Morgan fingerprint density at radius 2 is 1.20 bits per heavy atom. The average molecular weight is 422 g/mol. The van der Waals surface area contributed by atoms with Crippen LogP contribution in [0, 0.1) is 49.3 Å². The molecule has 0 unspecified atom stereocenters. The van der Waals surface area contributed by atoms with Crippen molar-refractivity contribution in [2.75, 3.05) is 0 Å². The summed E-state index contributed by atoms with van der Waals surface area (Å²) >= 11 is 0. The fourth-order valence-electron chi connectivity index (χ4n) is 1.52. The first kappa shape index (κ1) is 49.8. The largest absolute Gasteiger partial charge is 0.358 e. The zero-order valence-electron chi connectivity index (χ0n) is 17.6. The Kier molecular flexibility index (Phi) is 57.4. The third kappa shape index (κ3) is 22.0. The summed E-state index contributed by atoms with van der Waals surface area (Å²) in [6.45, 7) is 8.82. The van der Waals surface area contributed by atoms with E-state index in [2.05, 4.69) is 64.1 Å². The molecule has 0 saturated carbocycles. The topological polar surface area (TPSA) is 0 Å². The van der Waals surface area contributed by atoms with Gasteiger partial charge in [0, 0.05) is 21.7 Å². The summed E-state index contributed by atoms with van der Waals surface area (Å²) in [6.07, 6.45) is 10.0. The van der Waals surface area contributed by atoms with E-state index < -0.39 is 0 Å².